The summed E-state index contributed by atoms with van der Waals surface area (Å²) in [5.41, 5.74) is 1.36. The quantitative estimate of drug-likeness (QED) is 0.770. The van der Waals surface area contributed by atoms with Crippen LogP contribution in [0.2, 0.25) is 0 Å². The molecule has 3 heteroatoms. The first-order valence-corrected chi connectivity index (χ1v) is 7.15. The molecule has 0 spiro atoms. The predicted molar refractivity (Wildman–Crippen MR) is 77.6 cm³/mol. The molecular formula is C15H29N3. The van der Waals surface area contributed by atoms with Gasteiger partial charge in [0, 0.05) is 13.2 Å². The largest absolute Gasteiger partial charge is 0.316 e. The molecule has 0 saturated carbocycles. The van der Waals surface area contributed by atoms with Gasteiger partial charge in [0.05, 0.1) is 6.20 Å². The zero-order valence-corrected chi connectivity index (χ0v) is 12.6. The summed E-state index contributed by atoms with van der Waals surface area (Å²) < 4.78 is 1.89. The molecule has 1 heterocycles. The molecule has 0 aliphatic rings. The minimum absolute atomic E-state index is 0.716. The Bertz CT molecular complexity index is 328. The van der Waals surface area contributed by atoms with Crippen molar-refractivity contribution in [1.29, 1.82) is 0 Å². The van der Waals surface area contributed by atoms with Crippen molar-refractivity contribution < 1.29 is 0 Å². The molecule has 1 N–H and O–H groups in total. The second-order valence-corrected chi connectivity index (χ2v) is 6.27. The van der Waals surface area contributed by atoms with Crippen molar-refractivity contribution in [3.63, 3.8) is 0 Å². The predicted octanol–water partition coefficient (Wildman–Crippen LogP) is 2.87. The van der Waals surface area contributed by atoms with Crippen molar-refractivity contribution in [3.05, 3.63) is 18.0 Å². The maximum absolute atomic E-state index is 4.25. The Kier molecular flexibility index (Phi) is 6.41. The van der Waals surface area contributed by atoms with Crippen LogP contribution in [0.4, 0.5) is 0 Å². The number of aromatic nitrogens is 2. The molecule has 1 aromatic rings. The smallest absolute Gasteiger partial charge is 0.0521 e. The molecule has 3 nitrogen and oxygen atoms in total. The molecule has 0 aliphatic heterocycles. The van der Waals surface area contributed by atoms with Gasteiger partial charge in [-0.05, 0) is 49.2 Å². The minimum atomic E-state index is 0.716. The number of nitrogens with one attached hydrogen (secondary N) is 1. The molecule has 0 aliphatic carbocycles. The Morgan fingerprint density at radius 3 is 2.39 bits per heavy atom. The topological polar surface area (TPSA) is 29.9 Å². The molecule has 1 unspecified atom stereocenters. The number of hydrogen-bond acceptors (Lipinski definition) is 2. The first-order valence-electron chi connectivity index (χ1n) is 7.15. The van der Waals surface area contributed by atoms with E-state index in [9.17, 15) is 0 Å². The van der Waals surface area contributed by atoms with Gasteiger partial charge in [-0.1, -0.05) is 27.7 Å². The number of rotatable bonds is 8. The van der Waals surface area contributed by atoms with Gasteiger partial charge in [0.2, 0.25) is 0 Å². The fourth-order valence-corrected chi connectivity index (χ4v) is 2.39. The normalized spacial score (nSPS) is 13.5. The molecule has 0 radical (unpaired) electrons. The molecule has 1 rings (SSSR count). The monoisotopic (exact) mass is 251 g/mol. The fraction of sp³-hybridized carbons (Fsp3) is 0.800. The first-order chi connectivity index (χ1) is 8.47. The second-order valence-electron chi connectivity index (χ2n) is 6.27. The Morgan fingerprint density at radius 1 is 1.17 bits per heavy atom. The lowest BCUT2D eigenvalue weighted by Crippen LogP contribution is -2.28. The summed E-state index contributed by atoms with van der Waals surface area (Å²) in [6, 6.07) is 0. The van der Waals surface area contributed by atoms with Gasteiger partial charge < -0.3 is 5.32 Å². The van der Waals surface area contributed by atoms with Crippen LogP contribution in [0.5, 0.6) is 0 Å². The van der Waals surface area contributed by atoms with E-state index in [1.54, 1.807) is 0 Å². The lowest BCUT2D eigenvalue weighted by molar-refractivity contribution is 0.376. The van der Waals surface area contributed by atoms with Crippen LogP contribution in [0.15, 0.2) is 12.4 Å². The summed E-state index contributed by atoms with van der Waals surface area (Å²) in [5, 5.41) is 7.84. The number of hydrogen-bond donors (Lipinski definition) is 1. The van der Waals surface area contributed by atoms with Crippen LogP contribution in [0.3, 0.4) is 0 Å². The molecule has 1 aromatic heterocycles. The van der Waals surface area contributed by atoms with Crippen molar-refractivity contribution in [2.45, 2.75) is 40.5 Å². The fourth-order valence-electron chi connectivity index (χ4n) is 2.39. The highest BCUT2D eigenvalue weighted by Crippen LogP contribution is 2.16. The molecule has 0 aromatic carbocycles. The van der Waals surface area contributed by atoms with Crippen LogP contribution >= 0.6 is 0 Å². The molecule has 0 fully saturated rings. The van der Waals surface area contributed by atoms with Gasteiger partial charge in [-0.2, -0.15) is 5.10 Å². The van der Waals surface area contributed by atoms with Crippen LogP contribution in [-0.4, -0.2) is 22.9 Å². The second kappa shape index (κ2) is 7.57. The Balaban J connectivity index is 2.44. The highest BCUT2D eigenvalue weighted by atomic mass is 15.2. The van der Waals surface area contributed by atoms with E-state index >= 15 is 0 Å². The van der Waals surface area contributed by atoms with Crippen molar-refractivity contribution in [2.24, 2.45) is 24.8 Å². The van der Waals surface area contributed by atoms with Crippen molar-refractivity contribution >= 4 is 0 Å². The van der Waals surface area contributed by atoms with E-state index in [2.05, 4.69) is 44.3 Å². The van der Waals surface area contributed by atoms with Crippen LogP contribution in [0.1, 0.15) is 39.7 Å². The molecule has 104 valence electrons. The van der Waals surface area contributed by atoms with E-state index in [0.29, 0.717) is 5.92 Å². The molecular weight excluding hydrogens is 222 g/mol. The Morgan fingerprint density at radius 2 is 1.89 bits per heavy atom. The van der Waals surface area contributed by atoms with Crippen molar-refractivity contribution in [1.82, 2.24) is 15.1 Å². The standard InChI is InChI=1S/C15H29N3/c1-12(2)6-14(9-16-8-13(3)4)7-15-10-17-18(5)11-15/h10-14,16H,6-9H2,1-5H3. The molecule has 0 bridgehead atoms. The lowest BCUT2D eigenvalue weighted by atomic mass is 9.92. The van der Waals surface area contributed by atoms with Gasteiger partial charge in [-0.25, -0.2) is 0 Å². The summed E-state index contributed by atoms with van der Waals surface area (Å²) in [4.78, 5) is 0. The van der Waals surface area contributed by atoms with Gasteiger partial charge >= 0.3 is 0 Å². The summed E-state index contributed by atoms with van der Waals surface area (Å²) >= 11 is 0. The lowest BCUT2D eigenvalue weighted by Gasteiger charge is -2.19. The average Bonchev–Trinajstić information content (AvgIpc) is 2.62. The third-order valence-corrected chi connectivity index (χ3v) is 3.07. The summed E-state index contributed by atoms with van der Waals surface area (Å²) in [5.74, 6) is 2.20. The highest BCUT2D eigenvalue weighted by Gasteiger charge is 2.12. The van der Waals surface area contributed by atoms with E-state index in [1.807, 2.05) is 17.9 Å². The van der Waals surface area contributed by atoms with E-state index in [4.69, 9.17) is 0 Å². The molecule has 0 saturated heterocycles. The molecule has 1 atom stereocenters. The van der Waals surface area contributed by atoms with E-state index < -0.39 is 0 Å². The number of nitrogens with zero attached hydrogens (tertiary/aromatic N) is 2. The SMILES string of the molecule is CC(C)CNCC(Cc1cnn(C)c1)CC(C)C. The Labute approximate surface area is 112 Å². The van der Waals surface area contributed by atoms with Gasteiger partial charge in [0.15, 0.2) is 0 Å². The van der Waals surface area contributed by atoms with Gasteiger partial charge in [-0.15, -0.1) is 0 Å². The number of aryl methyl sites for hydroxylation is 1. The van der Waals surface area contributed by atoms with E-state index in [-0.39, 0.29) is 0 Å². The minimum Gasteiger partial charge on any atom is -0.316 e. The van der Waals surface area contributed by atoms with E-state index in [0.717, 1.165) is 31.3 Å². The van der Waals surface area contributed by atoms with Gasteiger partial charge in [-0.3, -0.25) is 4.68 Å². The maximum Gasteiger partial charge on any atom is 0.0521 e. The van der Waals surface area contributed by atoms with Crippen LogP contribution in [0, 0.1) is 17.8 Å². The third-order valence-electron chi connectivity index (χ3n) is 3.07. The summed E-state index contributed by atoms with van der Waals surface area (Å²) in [7, 11) is 1.98. The zero-order valence-electron chi connectivity index (χ0n) is 12.6. The first kappa shape index (κ1) is 15.2. The summed E-state index contributed by atoms with van der Waals surface area (Å²) in [6.07, 6.45) is 6.54. The maximum atomic E-state index is 4.25. The van der Waals surface area contributed by atoms with Crippen molar-refractivity contribution in [2.75, 3.05) is 13.1 Å². The molecule has 18 heavy (non-hydrogen) atoms. The average molecular weight is 251 g/mol. The highest BCUT2D eigenvalue weighted by molar-refractivity contribution is 5.04. The van der Waals surface area contributed by atoms with Gasteiger partial charge in [0.1, 0.15) is 0 Å². The third kappa shape index (κ3) is 6.20. The van der Waals surface area contributed by atoms with Crippen LogP contribution < -0.4 is 5.32 Å². The van der Waals surface area contributed by atoms with E-state index in [1.165, 1.54) is 12.0 Å². The summed E-state index contributed by atoms with van der Waals surface area (Å²) in [6.45, 7) is 11.3. The van der Waals surface area contributed by atoms with Crippen molar-refractivity contribution in [3.8, 4) is 0 Å². The zero-order chi connectivity index (χ0) is 13.5. The molecule has 0 amide bonds. The van der Waals surface area contributed by atoms with Crippen LogP contribution in [-0.2, 0) is 13.5 Å². The Hall–Kier alpha value is -0.830. The van der Waals surface area contributed by atoms with Gasteiger partial charge in [0.25, 0.3) is 0 Å². The van der Waals surface area contributed by atoms with Crippen LogP contribution in [0.25, 0.3) is 0 Å².